The Hall–Kier alpha value is 0.390. The smallest absolute Gasteiger partial charge is 0.0666 e. The van der Waals surface area contributed by atoms with Gasteiger partial charge in [-0.2, -0.15) is 0 Å². The van der Waals surface area contributed by atoms with E-state index in [9.17, 15) is 0 Å². The number of halogens is 2. The van der Waals surface area contributed by atoms with E-state index in [1.54, 1.807) is 0 Å². The van der Waals surface area contributed by atoms with Crippen LogP contribution in [0.5, 0.6) is 0 Å². The zero-order valence-corrected chi connectivity index (χ0v) is 11.7. The molecule has 13 heavy (non-hydrogen) atoms. The molecule has 0 nitrogen and oxygen atoms in total. The summed E-state index contributed by atoms with van der Waals surface area (Å²) in [7, 11) is 0. The summed E-state index contributed by atoms with van der Waals surface area (Å²) >= 11 is 7.87. The van der Waals surface area contributed by atoms with Crippen LogP contribution in [0.4, 0.5) is 0 Å². The van der Waals surface area contributed by atoms with Crippen LogP contribution in [0.3, 0.4) is 0 Å². The van der Waals surface area contributed by atoms with Crippen LogP contribution in [0.2, 0.25) is 0 Å². The van der Waals surface area contributed by atoms with E-state index in [4.69, 9.17) is 0 Å². The molecule has 0 radical (unpaired) electrons. The third-order valence-corrected chi connectivity index (χ3v) is 4.86. The maximum Gasteiger partial charge on any atom is 0.0666 e. The molecule has 1 aromatic heterocycles. The minimum atomic E-state index is 1.09. The van der Waals surface area contributed by atoms with Crippen molar-refractivity contribution in [2.24, 2.45) is 0 Å². The van der Waals surface area contributed by atoms with Gasteiger partial charge < -0.3 is 0 Å². The predicted octanol–water partition coefficient (Wildman–Crippen LogP) is 4.83. The van der Waals surface area contributed by atoms with Crippen LogP contribution in [0.25, 0.3) is 10.1 Å². The van der Waals surface area contributed by atoms with Gasteiger partial charge in [-0.3, -0.25) is 0 Å². The van der Waals surface area contributed by atoms with Crippen LogP contribution in [0.15, 0.2) is 22.7 Å². The summed E-state index contributed by atoms with van der Waals surface area (Å²) in [4.78, 5) is 0. The third-order valence-electron chi connectivity index (χ3n) is 2.07. The SMILES string of the molecule is CCc1ccc2sc(I)cc2c1Br. The van der Waals surface area contributed by atoms with Crippen molar-refractivity contribution in [1.29, 1.82) is 0 Å². The second kappa shape index (κ2) is 3.87. The van der Waals surface area contributed by atoms with Gasteiger partial charge in [0, 0.05) is 14.6 Å². The highest BCUT2D eigenvalue weighted by atomic mass is 127. The molecule has 0 aliphatic heterocycles. The van der Waals surface area contributed by atoms with Crippen molar-refractivity contribution in [3.63, 3.8) is 0 Å². The molecule has 0 saturated heterocycles. The first kappa shape index (κ1) is 9.93. The van der Waals surface area contributed by atoms with E-state index in [0.717, 1.165) is 6.42 Å². The summed E-state index contributed by atoms with van der Waals surface area (Å²) in [5, 5.41) is 1.36. The number of fused-ring (bicyclic) bond motifs is 1. The van der Waals surface area contributed by atoms with Gasteiger partial charge in [0.15, 0.2) is 0 Å². The lowest BCUT2D eigenvalue weighted by Crippen LogP contribution is -1.81. The molecule has 68 valence electrons. The highest BCUT2D eigenvalue weighted by Crippen LogP contribution is 2.34. The van der Waals surface area contributed by atoms with Crippen molar-refractivity contribution in [3.8, 4) is 0 Å². The second-order valence-electron chi connectivity index (χ2n) is 2.85. The molecular formula is C10H8BrIS. The molecule has 0 aliphatic carbocycles. The second-order valence-corrected chi connectivity index (χ2v) is 6.63. The molecule has 0 fully saturated rings. The lowest BCUT2D eigenvalue weighted by molar-refractivity contribution is 1.14. The molecule has 0 bridgehead atoms. The van der Waals surface area contributed by atoms with Crippen LogP contribution >= 0.6 is 49.9 Å². The van der Waals surface area contributed by atoms with Gasteiger partial charge in [-0.15, -0.1) is 11.3 Å². The highest BCUT2D eigenvalue weighted by Gasteiger charge is 2.06. The van der Waals surface area contributed by atoms with Gasteiger partial charge in [0.2, 0.25) is 0 Å². The molecule has 0 N–H and O–H groups in total. The zero-order chi connectivity index (χ0) is 9.42. The number of hydrogen-bond acceptors (Lipinski definition) is 1. The summed E-state index contributed by atoms with van der Waals surface area (Å²) in [5.41, 5.74) is 1.39. The maximum absolute atomic E-state index is 3.66. The van der Waals surface area contributed by atoms with Gasteiger partial charge in [0.1, 0.15) is 0 Å². The molecule has 2 aromatic rings. The normalized spacial score (nSPS) is 11.0. The standard InChI is InChI=1S/C10H8BrIS/c1-2-6-3-4-8-7(10(6)11)5-9(12)13-8/h3-5H,2H2,1H3. The van der Waals surface area contributed by atoms with E-state index in [2.05, 4.69) is 63.6 Å². The van der Waals surface area contributed by atoms with Crippen LogP contribution in [-0.2, 0) is 6.42 Å². The highest BCUT2D eigenvalue weighted by molar-refractivity contribution is 14.1. The number of benzene rings is 1. The topological polar surface area (TPSA) is 0 Å². The van der Waals surface area contributed by atoms with Crippen molar-refractivity contribution in [2.75, 3.05) is 0 Å². The lowest BCUT2D eigenvalue weighted by Gasteiger charge is -2.01. The minimum Gasteiger partial charge on any atom is -0.129 e. The summed E-state index contributed by atoms with van der Waals surface area (Å²) < 4.78 is 3.99. The monoisotopic (exact) mass is 366 g/mol. The fourth-order valence-corrected chi connectivity index (χ4v) is 4.05. The lowest BCUT2D eigenvalue weighted by atomic mass is 10.1. The van der Waals surface area contributed by atoms with E-state index < -0.39 is 0 Å². The minimum absolute atomic E-state index is 1.09. The van der Waals surface area contributed by atoms with Gasteiger partial charge in [-0.1, -0.05) is 13.0 Å². The van der Waals surface area contributed by atoms with E-state index >= 15 is 0 Å². The Bertz CT molecular complexity index is 447. The Morgan fingerprint density at radius 3 is 2.92 bits per heavy atom. The van der Waals surface area contributed by atoms with Crippen LogP contribution < -0.4 is 0 Å². The zero-order valence-electron chi connectivity index (χ0n) is 7.10. The fourth-order valence-electron chi connectivity index (χ4n) is 1.36. The summed E-state index contributed by atoms with van der Waals surface area (Å²) in [5.74, 6) is 0. The molecule has 0 aliphatic rings. The van der Waals surface area contributed by atoms with Gasteiger partial charge >= 0.3 is 0 Å². The Balaban J connectivity index is 2.78. The quantitative estimate of drug-likeness (QED) is 0.634. The van der Waals surface area contributed by atoms with Crippen LogP contribution in [-0.4, -0.2) is 0 Å². The number of rotatable bonds is 1. The Labute approximate surface area is 104 Å². The van der Waals surface area contributed by atoms with Crippen molar-refractivity contribution in [1.82, 2.24) is 0 Å². The van der Waals surface area contributed by atoms with Gasteiger partial charge in [-0.05, 0) is 62.6 Å². The predicted molar refractivity (Wildman–Crippen MR) is 71.6 cm³/mol. The molecule has 0 atom stereocenters. The van der Waals surface area contributed by atoms with E-state index in [1.165, 1.54) is 23.0 Å². The first-order valence-electron chi connectivity index (χ1n) is 4.08. The molecule has 3 heteroatoms. The fraction of sp³-hybridized carbons (Fsp3) is 0.200. The first-order chi connectivity index (χ1) is 6.22. The van der Waals surface area contributed by atoms with Crippen LogP contribution in [0.1, 0.15) is 12.5 Å². The molecule has 2 rings (SSSR count). The molecule has 0 unspecified atom stereocenters. The summed E-state index contributed by atoms with van der Waals surface area (Å²) in [6.07, 6.45) is 1.09. The third kappa shape index (κ3) is 1.78. The number of thiophene rings is 1. The van der Waals surface area contributed by atoms with E-state index in [-0.39, 0.29) is 0 Å². The average molecular weight is 367 g/mol. The van der Waals surface area contributed by atoms with E-state index in [0.29, 0.717) is 0 Å². The molecule has 0 amide bonds. The Morgan fingerprint density at radius 2 is 2.23 bits per heavy atom. The molecule has 0 saturated carbocycles. The Kier molecular flexibility index (Phi) is 2.95. The maximum atomic E-state index is 3.66. The van der Waals surface area contributed by atoms with Crippen molar-refractivity contribution >= 4 is 59.9 Å². The molecule has 1 heterocycles. The number of aryl methyl sites for hydroxylation is 1. The van der Waals surface area contributed by atoms with Crippen molar-refractivity contribution < 1.29 is 0 Å². The molecule has 0 spiro atoms. The number of hydrogen-bond donors (Lipinski definition) is 0. The molecule has 1 aromatic carbocycles. The van der Waals surface area contributed by atoms with Gasteiger partial charge in [-0.25, -0.2) is 0 Å². The summed E-state index contributed by atoms with van der Waals surface area (Å²) in [6, 6.07) is 6.66. The van der Waals surface area contributed by atoms with Crippen molar-refractivity contribution in [2.45, 2.75) is 13.3 Å². The summed E-state index contributed by atoms with van der Waals surface area (Å²) in [6.45, 7) is 2.18. The van der Waals surface area contributed by atoms with Crippen molar-refractivity contribution in [3.05, 3.63) is 31.1 Å². The van der Waals surface area contributed by atoms with Crippen LogP contribution in [0, 0.1) is 2.88 Å². The van der Waals surface area contributed by atoms with Gasteiger partial charge in [0.25, 0.3) is 0 Å². The van der Waals surface area contributed by atoms with Gasteiger partial charge in [0.05, 0.1) is 2.88 Å². The molecular weight excluding hydrogens is 359 g/mol. The first-order valence-corrected chi connectivity index (χ1v) is 6.77. The largest absolute Gasteiger partial charge is 0.129 e. The average Bonchev–Trinajstić information content (AvgIpc) is 2.47. The Morgan fingerprint density at radius 1 is 1.46 bits per heavy atom. The van der Waals surface area contributed by atoms with E-state index in [1.807, 2.05) is 11.3 Å².